The third-order valence-electron chi connectivity index (χ3n) is 7.78. The minimum Gasteiger partial charge on any atom is -0.494 e. The van der Waals surface area contributed by atoms with E-state index in [1.807, 2.05) is 48.5 Å². The fraction of sp³-hybridized carbons (Fsp3) is 0.379. The fourth-order valence-electron chi connectivity index (χ4n) is 5.47. The maximum Gasteiger partial charge on any atom is 0.227 e. The first kappa shape index (κ1) is 26.4. The summed E-state index contributed by atoms with van der Waals surface area (Å²) in [6.07, 6.45) is 4.00. The number of nitrogen functional groups attached to an aromatic ring is 1. The standard InChI is InChI=1S/C29H35N9OS/c1-36-14-16-37(17-15-36)21-9-12-38(13-10-21)25-19-26(39-2)24(18-22(25)30)33-29-31-11-8-23(32-29)28-35-34-27(40-28)20-6-4-3-5-7-20/h3-8,11,18-19,21H,9-10,12-17,30H2,1-2H3,(H,31,32,33). The maximum absolute atomic E-state index is 6.59. The van der Waals surface area contributed by atoms with E-state index in [0.29, 0.717) is 29.1 Å². The second kappa shape index (κ2) is 11.7. The Morgan fingerprint density at radius 3 is 2.45 bits per heavy atom. The van der Waals surface area contributed by atoms with E-state index in [-0.39, 0.29) is 0 Å². The first-order valence-corrected chi connectivity index (χ1v) is 14.5. The highest BCUT2D eigenvalue weighted by Gasteiger charge is 2.28. The van der Waals surface area contributed by atoms with E-state index in [4.69, 9.17) is 15.5 Å². The molecule has 4 heterocycles. The average molecular weight is 558 g/mol. The molecule has 3 N–H and O–H groups in total. The number of likely N-dealkylation sites (N-methyl/N-ethyl adjacent to an activating group) is 1. The van der Waals surface area contributed by atoms with Crippen molar-refractivity contribution in [1.82, 2.24) is 30.0 Å². The van der Waals surface area contributed by atoms with Gasteiger partial charge < -0.3 is 25.6 Å². The molecule has 2 aliphatic heterocycles. The van der Waals surface area contributed by atoms with Crippen LogP contribution in [0.25, 0.3) is 21.3 Å². The van der Waals surface area contributed by atoms with Gasteiger partial charge in [-0.1, -0.05) is 41.7 Å². The van der Waals surface area contributed by atoms with E-state index in [1.54, 1.807) is 13.3 Å². The van der Waals surface area contributed by atoms with Crippen LogP contribution in [0.15, 0.2) is 54.7 Å². The van der Waals surface area contributed by atoms with Gasteiger partial charge in [-0.3, -0.25) is 4.90 Å². The van der Waals surface area contributed by atoms with Crippen LogP contribution < -0.4 is 20.7 Å². The smallest absolute Gasteiger partial charge is 0.227 e. The Hall–Kier alpha value is -3.80. The number of nitrogens with two attached hydrogens (primary N) is 1. The van der Waals surface area contributed by atoms with Gasteiger partial charge in [-0.2, -0.15) is 0 Å². The molecule has 2 aromatic carbocycles. The van der Waals surface area contributed by atoms with E-state index in [1.165, 1.54) is 11.3 Å². The summed E-state index contributed by atoms with van der Waals surface area (Å²) in [5.74, 6) is 1.13. The van der Waals surface area contributed by atoms with Gasteiger partial charge in [-0.05, 0) is 32.0 Å². The Labute approximate surface area is 238 Å². The number of rotatable bonds is 7. The van der Waals surface area contributed by atoms with Crippen molar-refractivity contribution in [3.63, 3.8) is 0 Å². The van der Waals surface area contributed by atoms with E-state index in [2.05, 4.69) is 42.2 Å². The molecule has 0 radical (unpaired) electrons. The number of piperazine rings is 1. The predicted molar refractivity (Wildman–Crippen MR) is 161 cm³/mol. The number of aromatic nitrogens is 4. The van der Waals surface area contributed by atoms with Gasteiger partial charge in [0.1, 0.15) is 16.5 Å². The normalized spacial score (nSPS) is 17.2. The van der Waals surface area contributed by atoms with Gasteiger partial charge in [0.15, 0.2) is 5.01 Å². The summed E-state index contributed by atoms with van der Waals surface area (Å²) in [6, 6.07) is 16.4. The number of anilines is 4. The van der Waals surface area contributed by atoms with E-state index < -0.39 is 0 Å². The van der Waals surface area contributed by atoms with Crippen LogP contribution in [0.1, 0.15) is 12.8 Å². The number of nitrogens with one attached hydrogen (secondary N) is 1. The van der Waals surface area contributed by atoms with Crippen molar-refractivity contribution in [2.75, 3.05) is 69.4 Å². The summed E-state index contributed by atoms with van der Waals surface area (Å²) in [6.45, 7) is 6.59. The van der Waals surface area contributed by atoms with Crippen LogP contribution in [-0.2, 0) is 0 Å². The third kappa shape index (κ3) is 5.72. The molecule has 0 spiro atoms. The highest BCUT2D eigenvalue weighted by molar-refractivity contribution is 7.17. The van der Waals surface area contributed by atoms with Crippen molar-refractivity contribution in [2.24, 2.45) is 0 Å². The molecule has 2 aliphatic rings. The lowest BCUT2D eigenvalue weighted by Crippen LogP contribution is -2.52. The lowest BCUT2D eigenvalue weighted by molar-refractivity contribution is 0.0982. The quantitative estimate of drug-likeness (QED) is 0.321. The average Bonchev–Trinajstić information content (AvgIpc) is 3.49. The Bertz CT molecular complexity index is 1430. The van der Waals surface area contributed by atoms with Crippen LogP contribution in [0.4, 0.5) is 23.0 Å². The maximum atomic E-state index is 6.59. The van der Waals surface area contributed by atoms with Crippen LogP contribution in [-0.4, -0.2) is 89.4 Å². The van der Waals surface area contributed by atoms with E-state index in [0.717, 1.165) is 79.1 Å². The second-order valence-corrected chi connectivity index (χ2v) is 11.3. The van der Waals surface area contributed by atoms with Gasteiger partial charge in [0.2, 0.25) is 5.95 Å². The van der Waals surface area contributed by atoms with Crippen LogP contribution in [0.3, 0.4) is 0 Å². The van der Waals surface area contributed by atoms with Gasteiger partial charge in [-0.25, -0.2) is 9.97 Å². The molecular weight excluding hydrogens is 522 g/mol. The summed E-state index contributed by atoms with van der Waals surface area (Å²) in [4.78, 5) is 16.6. The molecule has 0 saturated carbocycles. The van der Waals surface area contributed by atoms with Gasteiger partial charge in [0, 0.05) is 63.1 Å². The van der Waals surface area contributed by atoms with Crippen molar-refractivity contribution in [3.05, 3.63) is 54.7 Å². The lowest BCUT2D eigenvalue weighted by atomic mass is 10.0. The molecule has 40 heavy (non-hydrogen) atoms. The summed E-state index contributed by atoms with van der Waals surface area (Å²) >= 11 is 1.50. The Kier molecular flexibility index (Phi) is 7.76. The SMILES string of the molecule is COc1cc(N2CCC(N3CCN(C)CC3)CC2)c(N)cc1Nc1nccc(-c2nnc(-c3ccccc3)s2)n1. The first-order valence-electron chi connectivity index (χ1n) is 13.7. The van der Waals surface area contributed by atoms with Crippen molar-refractivity contribution >= 4 is 34.3 Å². The van der Waals surface area contributed by atoms with E-state index >= 15 is 0 Å². The zero-order valence-electron chi connectivity index (χ0n) is 23.0. The fourth-order valence-corrected chi connectivity index (χ4v) is 6.29. The molecule has 4 aromatic rings. The molecule has 208 valence electrons. The summed E-state index contributed by atoms with van der Waals surface area (Å²) in [5, 5.41) is 13.6. The molecule has 0 amide bonds. The van der Waals surface area contributed by atoms with Gasteiger partial charge in [-0.15, -0.1) is 10.2 Å². The van der Waals surface area contributed by atoms with Gasteiger partial charge >= 0.3 is 0 Å². The number of hydrogen-bond donors (Lipinski definition) is 2. The van der Waals surface area contributed by atoms with Gasteiger partial charge in [0.05, 0.1) is 24.2 Å². The molecule has 10 nitrogen and oxygen atoms in total. The van der Waals surface area contributed by atoms with Crippen LogP contribution in [0.2, 0.25) is 0 Å². The number of piperidine rings is 1. The minimum atomic E-state index is 0.437. The first-order chi connectivity index (χ1) is 19.6. The van der Waals surface area contributed by atoms with Crippen molar-refractivity contribution in [3.8, 4) is 27.0 Å². The monoisotopic (exact) mass is 557 g/mol. The van der Waals surface area contributed by atoms with Crippen LogP contribution >= 0.6 is 11.3 Å². The lowest BCUT2D eigenvalue weighted by Gasteiger charge is -2.42. The number of benzene rings is 2. The molecule has 2 aromatic heterocycles. The Morgan fingerprint density at radius 2 is 1.70 bits per heavy atom. The topological polar surface area (TPSA) is 109 Å². The third-order valence-corrected chi connectivity index (χ3v) is 8.77. The summed E-state index contributed by atoms with van der Waals surface area (Å²) in [5.41, 5.74) is 10.8. The van der Waals surface area contributed by atoms with Crippen molar-refractivity contribution < 1.29 is 4.74 Å². The van der Waals surface area contributed by atoms with Crippen molar-refractivity contribution in [1.29, 1.82) is 0 Å². The highest BCUT2D eigenvalue weighted by atomic mass is 32.1. The van der Waals surface area contributed by atoms with Crippen molar-refractivity contribution in [2.45, 2.75) is 18.9 Å². The number of ether oxygens (including phenoxy) is 1. The minimum absolute atomic E-state index is 0.437. The molecule has 0 bridgehead atoms. The largest absolute Gasteiger partial charge is 0.494 e. The molecule has 11 heteroatoms. The zero-order valence-corrected chi connectivity index (χ0v) is 23.8. The molecule has 0 atom stereocenters. The highest BCUT2D eigenvalue weighted by Crippen LogP contribution is 2.38. The molecule has 0 aliphatic carbocycles. The number of hydrogen-bond acceptors (Lipinski definition) is 11. The second-order valence-electron chi connectivity index (χ2n) is 10.3. The molecular formula is C29H35N9OS. The number of methoxy groups -OCH3 is 1. The van der Waals surface area contributed by atoms with E-state index in [9.17, 15) is 0 Å². The molecule has 6 rings (SSSR count). The van der Waals surface area contributed by atoms with Crippen LogP contribution in [0.5, 0.6) is 5.75 Å². The van der Waals surface area contributed by atoms with Gasteiger partial charge in [0.25, 0.3) is 0 Å². The number of nitrogens with zero attached hydrogens (tertiary/aromatic N) is 7. The molecule has 2 fully saturated rings. The summed E-state index contributed by atoms with van der Waals surface area (Å²) in [7, 11) is 3.88. The summed E-state index contributed by atoms with van der Waals surface area (Å²) < 4.78 is 5.76. The zero-order chi connectivity index (χ0) is 27.5. The predicted octanol–water partition coefficient (Wildman–Crippen LogP) is 4.21. The Balaban J connectivity index is 1.15. The Morgan fingerprint density at radius 1 is 0.950 bits per heavy atom. The molecule has 2 saturated heterocycles. The molecule has 0 unspecified atom stereocenters. The van der Waals surface area contributed by atoms with Crippen LogP contribution in [0, 0.1) is 0 Å².